The van der Waals surface area contributed by atoms with E-state index in [0.717, 1.165) is 29.2 Å². The quantitative estimate of drug-likeness (QED) is 0.853. The third-order valence-electron chi connectivity index (χ3n) is 6.70. The molecule has 1 aliphatic carbocycles. The molecule has 3 nitrogen and oxygen atoms in total. The Hall–Kier alpha value is -1.48. The molecule has 3 fully saturated rings. The molecular weight excluding hydrogens is 286 g/mol. The van der Waals surface area contributed by atoms with Crippen molar-refractivity contribution >= 4 is 11.0 Å². The number of nitrogens with zero attached hydrogens (tertiary/aromatic N) is 1. The first-order valence-electron chi connectivity index (χ1n) is 9.15. The van der Waals surface area contributed by atoms with Crippen molar-refractivity contribution in [3.05, 3.63) is 29.5 Å². The molecule has 3 aliphatic heterocycles. The van der Waals surface area contributed by atoms with Crippen LogP contribution < -0.4 is 0 Å². The zero-order valence-electron chi connectivity index (χ0n) is 14.0. The molecule has 2 saturated heterocycles. The van der Waals surface area contributed by atoms with E-state index in [1.54, 1.807) is 6.07 Å². The zero-order chi connectivity index (χ0) is 15.7. The van der Waals surface area contributed by atoms with Gasteiger partial charge in [0.2, 0.25) is 0 Å². The summed E-state index contributed by atoms with van der Waals surface area (Å²) in [5, 5.41) is 11.0. The summed E-state index contributed by atoms with van der Waals surface area (Å²) in [5.41, 5.74) is 2.31. The lowest BCUT2D eigenvalue weighted by Crippen LogP contribution is -2.58. The van der Waals surface area contributed by atoms with E-state index in [9.17, 15) is 5.11 Å². The molecule has 4 heterocycles. The molecule has 0 radical (unpaired) electrons. The number of phenolic OH excluding ortho intramolecular Hbond substituents is 1. The Morgan fingerprint density at radius 1 is 1.30 bits per heavy atom. The number of furan rings is 1. The van der Waals surface area contributed by atoms with E-state index in [2.05, 4.69) is 18.7 Å². The molecule has 1 aromatic carbocycles. The largest absolute Gasteiger partial charge is 0.508 e. The Labute approximate surface area is 137 Å². The molecule has 3 heteroatoms. The summed E-state index contributed by atoms with van der Waals surface area (Å²) in [6, 6.07) is 6.77. The highest BCUT2D eigenvalue weighted by atomic mass is 16.3. The summed E-state index contributed by atoms with van der Waals surface area (Å²) in [4.78, 5) is 2.78. The Kier molecular flexibility index (Phi) is 2.88. The minimum absolute atomic E-state index is 0.342. The number of hydrogen-bond donors (Lipinski definition) is 1. The lowest BCUT2D eigenvalue weighted by molar-refractivity contribution is -0.0384. The fourth-order valence-corrected chi connectivity index (χ4v) is 5.78. The molecule has 4 bridgehead atoms. The molecular formula is C20H25NO2. The standard InChI is InChI=1S/C20H25NO2/c1-3-13-7-12-8-17-19(13)21(10-12)11(2)6-16-15-9-14(22)4-5-18(15)23-20(16)17/h4-5,9,11-13,17,19,22H,3,6-8,10H2,1-2H3/t11-,12+,13+,17-,19?/m1/s1. The number of hydrogen-bond acceptors (Lipinski definition) is 3. The van der Waals surface area contributed by atoms with Gasteiger partial charge in [-0.05, 0) is 56.2 Å². The smallest absolute Gasteiger partial charge is 0.134 e. The van der Waals surface area contributed by atoms with Crippen LogP contribution in [0.3, 0.4) is 0 Å². The van der Waals surface area contributed by atoms with Crippen LogP contribution in [-0.4, -0.2) is 28.6 Å². The normalized spacial score (nSPS) is 38.5. The summed E-state index contributed by atoms with van der Waals surface area (Å²) in [6.07, 6.45) is 5.00. The summed E-state index contributed by atoms with van der Waals surface area (Å²) < 4.78 is 6.37. The maximum absolute atomic E-state index is 9.91. The van der Waals surface area contributed by atoms with Crippen LogP contribution in [0.25, 0.3) is 11.0 Å². The number of benzene rings is 1. The molecule has 2 unspecified atom stereocenters. The number of rotatable bonds is 1. The van der Waals surface area contributed by atoms with Crippen LogP contribution in [0.15, 0.2) is 22.6 Å². The van der Waals surface area contributed by atoms with Gasteiger partial charge in [0.25, 0.3) is 0 Å². The van der Waals surface area contributed by atoms with Crippen LogP contribution in [-0.2, 0) is 6.42 Å². The minimum Gasteiger partial charge on any atom is -0.508 e. The van der Waals surface area contributed by atoms with Gasteiger partial charge in [0, 0.05) is 35.5 Å². The van der Waals surface area contributed by atoms with E-state index in [1.807, 2.05) is 12.1 Å². The second-order valence-electron chi connectivity index (χ2n) is 7.98. The number of fused-ring (bicyclic) bond motifs is 4. The van der Waals surface area contributed by atoms with Gasteiger partial charge in [-0.15, -0.1) is 0 Å². The van der Waals surface area contributed by atoms with Crippen molar-refractivity contribution in [2.45, 2.75) is 57.5 Å². The monoisotopic (exact) mass is 311 g/mol. The molecule has 0 spiro atoms. The van der Waals surface area contributed by atoms with Crippen LogP contribution in [0.1, 0.15) is 50.4 Å². The third kappa shape index (κ3) is 1.86. The summed E-state index contributed by atoms with van der Waals surface area (Å²) in [7, 11) is 0. The summed E-state index contributed by atoms with van der Waals surface area (Å²) in [5.74, 6) is 3.75. The molecule has 6 atom stereocenters. The first-order chi connectivity index (χ1) is 11.2. The molecule has 6 rings (SSSR count). The fraction of sp³-hybridized carbons (Fsp3) is 0.600. The van der Waals surface area contributed by atoms with Gasteiger partial charge >= 0.3 is 0 Å². The van der Waals surface area contributed by atoms with Gasteiger partial charge in [-0.3, -0.25) is 4.90 Å². The lowest BCUT2D eigenvalue weighted by Gasteiger charge is -2.54. The maximum atomic E-state index is 9.91. The van der Waals surface area contributed by atoms with Gasteiger partial charge in [0.1, 0.15) is 17.1 Å². The van der Waals surface area contributed by atoms with E-state index < -0.39 is 0 Å². The third-order valence-corrected chi connectivity index (χ3v) is 6.70. The number of piperidine rings is 2. The van der Waals surface area contributed by atoms with Crippen LogP contribution in [0.5, 0.6) is 5.75 Å². The molecule has 1 saturated carbocycles. The van der Waals surface area contributed by atoms with Gasteiger partial charge < -0.3 is 9.52 Å². The van der Waals surface area contributed by atoms with Gasteiger partial charge in [-0.25, -0.2) is 0 Å². The summed E-state index contributed by atoms with van der Waals surface area (Å²) >= 11 is 0. The fourth-order valence-electron chi connectivity index (χ4n) is 5.78. The Bertz CT molecular complexity index is 764. The average Bonchev–Trinajstić information content (AvgIpc) is 2.88. The van der Waals surface area contributed by atoms with Crippen molar-refractivity contribution in [2.75, 3.05) is 6.54 Å². The molecule has 1 N–H and O–H groups in total. The van der Waals surface area contributed by atoms with Crippen LogP contribution >= 0.6 is 0 Å². The SMILES string of the molecule is CC[C@H]1C[C@H]2C[C@H]3c4oc5ccc(O)cc5c4C[C@@H](C)N(C2)C13. The van der Waals surface area contributed by atoms with Crippen molar-refractivity contribution in [3.63, 3.8) is 0 Å². The first kappa shape index (κ1) is 13.9. The molecule has 0 amide bonds. The van der Waals surface area contributed by atoms with E-state index in [4.69, 9.17) is 4.42 Å². The number of aromatic hydroxyl groups is 1. The van der Waals surface area contributed by atoms with Gasteiger partial charge in [-0.2, -0.15) is 0 Å². The van der Waals surface area contributed by atoms with E-state index in [-0.39, 0.29) is 0 Å². The van der Waals surface area contributed by atoms with Crippen molar-refractivity contribution in [1.29, 1.82) is 0 Å². The predicted molar refractivity (Wildman–Crippen MR) is 90.8 cm³/mol. The summed E-state index contributed by atoms with van der Waals surface area (Å²) in [6.45, 7) is 5.99. The average molecular weight is 311 g/mol. The highest BCUT2D eigenvalue weighted by Crippen LogP contribution is 2.53. The van der Waals surface area contributed by atoms with Crippen molar-refractivity contribution in [1.82, 2.24) is 4.90 Å². The van der Waals surface area contributed by atoms with Gasteiger partial charge in [-0.1, -0.05) is 13.3 Å². The van der Waals surface area contributed by atoms with Gasteiger partial charge in [0.05, 0.1) is 0 Å². The van der Waals surface area contributed by atoms with E-state index in [0.29, 0.717) is 23.8 Å². The van der Waals surface area contributed by atoms with Crippen molar-refractivity contribution in [3.8, 4) is 5.75 Å². The second kappa shape index (κ2) is 4.76. The number of phenols is 1. The molecule has 23 heavy (non-hydrogen) atoms. The van der Waals surface area contributed by atoms with Crippen LogP contribution in [0.4, 0.5) is 0 Å². The van der Waals surface area contributed by atoms with E-state index in [1.165, 1.54) is 37.1 Å². The Morgan fingerprint density at radius 2 is 2.17 bits per heavy atom. The first-order valence-corrected chi connectivity index (χ1v) is 9.15. The van der Waals surface area contributed by atoms with Crippen molar-refractivity contribution in [2.24, 2.45) is 11.8 Å². The highest BCUT2D eigenvalue weighted by molar-refractivity contribution is 5.84. The topological polar surface area (TPSA) is 36.6 Å². The molecule has 122 valence electrons. The second-order valence-corrected chi connectivity index (χ2v) is 7.98. The molecule has 4 aliphatic rings. The molecule has 2 aromatic rings. The van der Waals surface area contributed by atoms with Crippen molar-refractivity contribution < 1.29 is 9.52 Å². The predicted octanol–water partition coefficient (Wildman–Crippen LogP) is 4.29. The Balaban J connectivity index is 1.72. The van der Waals surface area contributed by atoms with Crippen LogP contribution in [0, 0.1) is 11.8 Å². The molecule has 1 aromatic heterocycles. The van der Waals surface area contributed by atoms with Gasteiger partial charge in [0.15, 0.2) is 0 Å². The van der Waals surface area contributed by atoms with E-state index >= 15 is 0 Å². The lowest BCUT2D eigenvalue weighted by atomic mass is 9.65. The maximum Gasteiger partial charge on any atom is 0.134 e. The minimum atomic E-state index is 0.342. The Morgan fingerprint density at radius 3 is 3.00 bits per heavy atom. The van der Waals surface area contributed by atoms with Crippen LogP contribution in [0.2, 0.25) is 0 Å². The zero-order valence-corrected chi connectivity index (χ0v) is 14.0. The highest BCUT2D eigenvalue weighted by Gasteiger charge is 2.51.